The van der Waals surface area contributed by atoms with Crippen molar-refractivity contribution in [3.8, 4) is 10.7 Å². The van der Waals surface area contributed by atoms with Gasteiger partial charge in [0.05, 0.1) is 40.5 Å². The number of likely N-dealkylation sites (tertiary alicyclic amines) is 1. The average Bonchev–Trinajstić information content (AvgIpc) is 3.62. The van der Waals surface area contributed by atoms with Gasteiger partial charge in [-0.05, 0) is 37.3 Å². The highest BCUT2D eigenvalue weighted by Crippen LogP contribution is 2.43. The molecule has 0 spiro atoms. The van der Waals surface area contributed by atoms with E-state index in [1.54, 1.807) is 25.2 Å². The van der Waals surface area contributed by atoms with Crippen LogP contribution in [0.25, 0.3) is 20.8 Å². The van der Waals surface area contributed by atoms with Crippen LogP contribution in [0.2, 0.25) is 0 Å². The minimum absolute atomic E-state index is 0.0122. The Hall–Kier alpha value is -3.59. The van der Waals surface area contributed by atoms with Gasteiger partial charge in [-0.1, -0.05) is 17.3 Å². The summed E-state index contributed by atoms with van der Waals surface area (Å²) in [5.41, 5.74) is 0.658. The van der Waals surface area contributed by atoms with Gasteiger partial charge in [-0.2, -0.15) is 28.1 Å². The first-order valence-corrected chi connectivity index (χ1v) is 13.5. The molecule has 1 amide bonds. The van der Waals surface area contributed by atoms with Gasteiger partial charge in [0, 0.05) is 26.2 Å². The van der Waals surface area contributed by atoms with Gasteiger partial charge in [-0.15, -0.1) is 16.4 Å². The normalized spacial score (nSPS) is 18.5. The fourth-order valence-electron chi connectivity index (χ4n) is 4.72. The number of carbonyl (C=O) groups is 1. The van der Waals surface area contributed by atoms with Crippen molar-refractivity contribution in [2.24, 2.45) is 7.05 Å². The molecule has 5 rings (SSSR count). The van der Waals surface area contributed by atoms with Gasteiger partial charge in [0.2, 0.25) is 11.7 Å². The number of thiophene rings is 1. The van der Waals surface area contributed by atoms with Crippen molar-refractivity contribution in [1.82, 2.24) is 35.4 Å². The lowest BCUT2D eigenvalue weighted by Crippen LogP contribution is -2.50. The molecule has 1 aliphatic rings. The molecule has 1 fully saturated rings. The molecular weight excluding hydrogens is 552 g/mol. The summed E-state index contributed by atoms with van der Waals surface area (Å²) in [5.74, 6) is -0.532. The van der Waals surface area contributed by atoms with Crippen LogP contribution in [0.1, 0.15) is 42.2 Å². The fourth-order valence-corrected chi connectivity index (χ4v) is 5.94. The quantitative estimate of drug-likeness (QED) is 0.296. The molecule has 40 heavy (non-hydrogen) atoms. The number of anilines is 1. The molecule has 1 aliphatic heterocycles. The number of hydrogen-bond acceptors (Lipinski definition) is 9. The van der Waals surface area contributed by atoms with Gasteiger partial charge in [0.25, 0.3) is 5.91 Å². The van der Waals surface area contributed by atoms with E-state index in [0.717, 1.165) is 17.9 Å². The number of nitrogens with zero attached hydrogens (tertiary/aromatic N) is 6. The first kappa shape index (κ1) is 28.0. The number of benzene rings is 1. The van der Waals surface area contributed by atoms with Crippen molar-refractivity contribution in [3.05, 3.63) is 41.5 Å². The van der Waals surface area contributed by atoms with E-state index in [0.29, 0.717) is 28.7 Å². The molecule has 0 radical (unpaired) electrons. The summed E-state index contributed by atoms with van der Waals surface area (Å²) in [4.78, 5) is 20.0. The Morgan fingerprint density at radius 3 is 2.77 bits per heavy atom. The molecule has 0 aliphatic carbocycles. The number of rotatable bonds is 8. The van der Waals surface area contributed by atoms with Gasteiger partial charge >= 0.3 is 6.18 Å². The van der Waals surface area contributed by atoms with Crippen molar-refractivity contribution in [3.63, 3.8) is 0 Å². The number of amides is 1. The SMILES string of the molecule is CC(C)N1CC[C@@H](Nc2cccc3c(CC(F)(F)F)c(-c4noc(CNC(=O)c5cnn(C)n5)n4)sc23)[C@@H](F)C1. The van der Waals surface area contributed by atoms with E-state index < -0.39 is 30.7 Å². The molecule has 15 heteroatoms. The summed E-state index contributed by atoms with van der Waals surface area (Å²) in [5, 5.41) is 17.8. The highest BCUT2D eigenvalue weighted by Gasteiger charge is 2.34. The minimum atomic E-state index is -4.49. The Morgan fingerprint density at radius 1 is 1.30 bits per heavy atom. The molecule has 2 N–H and O–H groups in total. The Balaban J connectivity index is 1.41. The predicted molar refractivity (Wildman–Crippen MR) is 141 cm³/mol. The maximum absolute atomic E-state index is 15.0. The van der Waals surface area contributed by atoms with Crippen molar-refractivity contribution in [2.45, 2.75) is 57.7 Å². The number of fused-ring (bicyclic) bond motifs is 1. The van der Waals surface area contributed by atoms with Crippen LogP contribution in [0.4, 0.5) is 23.2 Å². The molecule has 4 aromatic rings. The predicted octanol–water partition coefficient (Wildman–Crippen LogP) is 4.35. The lowest BCUT2D eigenvalue weighted by atomic mass is 10.0. The lowest BCUT2D eigenvalue weighted by Gasteiger charge is -2.37. The molecule has 10 nitrogen and oxygen atoms in total. The van der Waals surface area contributed by atoms with Crippen LogP contribution in [0.3, 0.4) is 0 Å². The zero-order valence-electron chi connectivity index (χ0n) is 22.0. The molecule has 4 heterocycles. The van der Waals surface area contributed by atoms with Crippen molar-refractivity contribution < 1.29 is 26.9 Å². The number of aryl methyl sites for hydroxylation is 1. The second-order valence-electron chi connectivity index (χ2n) is 9.94. The first-order valence-electron chi connectivity index (χ1n) is 12.7. The summed E-state index contributed by atoms with van der Waals surface area (Å²) in [7, 11) is 1.57. The van der Waals surface area contributed by atoms with E-state index in [4.69, 9.17) is 4.52 Å². The summed E-state index contributed by atoms with van der Waals surface area (Å²) in [6.45, 7) is 4.90. The number of carbonyl (C=O) groups excluding carboxylic acids is 1. The zero-order valence-corrected chi connectivity index (χ0v) is 22.8. The van der Waals surface area contributed by atoms with E-state index in [-0.39, 0.29) is 40.4 Å². The standard InChI is InChI=1S/C25H28F4N8O2S/c1-13(2)37-8-7-17(16(26)12-37)32-18-6-4-5-14-15(9-25(27,28)29)22(40-21(14)18)23-33-20(39-35-23)11-30-24(38)19-10-31-36(3)34-19/h4-6,10,13,16-17,32H,7-9,11-12H2,1-3H3,(H,30,38)/t16-,17+/m0/s1. The number of halogens is 4. The zero-order chi connectivity index (χ0) is 28.6. The largest absolute Gasteiger partial charge is 0.393 e. The molecule has 0 bridgehead atoms. The van der Waals surface area contributed by atoms with Crippen LogP contribution in [0.15, 0.2) is 28.9 Å². The summed E-state index contributed by atoms with van der Waals surface area (Å²) in [6, 6.07) is 4.77. The molecule has 214 valence electrons. The van der Waals surface area contributed by atoms with Crippen LogP contribution in [0.5, 0.6) is 0 Å². The first-order chi connectivity index (χ1) is 19.0. The second-order valence-corrected chi connectivity index (χ2v) is 11.0. The van der Waals surface area contributed by atoms with E-state index in [9.17, 15) is 18.0 Å². The third-order valence-electron chi connectivity index (χ3n) is 6.74. The van der Waals surface area contributed by atoms with Gasteiger partial charge in [-0.3, -0.25) is 9.69 Å². The Bertz CT molecular complexity index is 1500. The van der Waals surface area contributed by atoms with Crippen LogP contribution in [0, 0.1) is 0 Å². The molecule has 1 saturated heterocycles. The molecule has 0 unspecified atom stereocenters. The monoisotopic (exact) mass is 580 g/mol. The third-order valence-corrected chi connectivity index (χ3v) is 8.02. The Morgan fingerprint density at radius 2 is 2.10 bits per heavy atom. The van der Waals surface area contributed by atoms with Gasteiger partial charge in [0.1, 0.15) is 6.17 Å². The minimum Gasteiger partial charge on any atom is -0.378 e. The van der Waals surface area contributed by atoms with Crippen LogP contribution in [-0.4, -0.2) is 73.5 Å². The fraction of sp³-hybridized carbons (Fsp3) is 0.480. The van der Waals surface area contributed by atoms with Crippen molar-refractivity contribution >= 4 is 33.0 Å². The van der Waals surface area contributed by atoms with Crippen LogP contribution >= 0.6 is 11.3 Å². The van der Waals surface area contributed by atoms with E-state index in [2.05, 4.69) is 35.9 Å². The molecule has 3 aromatic heterocycles. The molecule has 1 aromatic carbocycles. The molecular formula is C25H28F4N8O2S. The highest BCUT2D eigenvalue weighted by molar-refractivity contribution is 7.23. The molecule has 2 atom stereocenters. The Kier molecular flexibility index (Phi) is 7.77. The van der Waals surface area contributed by atoms with Crippen molar-refractivity contribution in [1.29, 1.82) is 0 Å². The Labute approximate surface area is 230 Å². The maximum atomic E-state index is 15.0. The van der Waals surface area contributed by atoms with Crippen molar-refractivity contribution in [2.75, 3.05) is 18.4 Å². The van der Waals surface area contributed by atoms with Gasteiger partial charge in [0.15, 0.2) is 5.69 Å². The number of piperidine rings is 1. The number of aromatic nitrogens is 5. The molecule has 0 saturated carbocycles. The van der Waals surface area contributed by atoms with E-state index >= 15 is 4.39 Å². The number of nitrogens with one attached hydrogen (secondary N) is 2. The van der Waals surface area contributed by atoms with E-state index in [1.807, 2.05) is 13.8 Å². The van der Waals surface area contributed by atoms with Crippen LogP contribution < -0.4 is 10.6 Å². The topological polar surface area (TPSA) is 114 Å². The van der Waals surface area contributed by atoms with Crippen LogP contribution in [-0.2, 0) is 20.0 Å². The maximum Gasteiger partial charge on any atom is 0.393 e. The summed E-state index contributed by atoms with van der Waals surface area (Å²) >= 11 is 1.09. The van der Waals surface area contributed by atoms with Gasteiger partial charge < -0.3 is 15.2 Å². The summed E-state index contributed by atoms with van der Waals surface area (Å²) < 4.78 is 61.8. The summed E-state index contributed by atoms with van der Waals surface area (Å²) in [6.07, 6.45) is -4.95. The second kappa shape index (κ2) is 11.1. The number of alkyl halides is 4. The van der Waals surface area contributed by atoms with E-state index in [1.165, 1.54) is 11.0 Å². The third kappa shape index (κ3) is 6.09. The average molecular weight is 581 g/mol. The lowest BCUT2D eigenvalue weighted by molar-refractivity contribution is -0.126. The smallest absolute Gasteiger partial charge is 0.378 e. The van der Waals surface area contributed by atoms with Gasteiger partial charge in [-0.25, -0.2) is 4.39 Å². The number of hydrogen-bond donors (Lipinski definition) is 2. The highest BCUT2D eigenvalue weighted by atomic mass is 32.1.